The third-order valence-electron chi connectivity index (χ3n) is 2.62. The van der Waals surface area contributed by atoms with E-state index in [9.17, 15) is 9.59 Å². The number of hydrogen-bond acceptors (Lipinski definition) is 3. The van der Waals surface area contributed by atoms with E-state index in [0.717, 1.165) is 5.56 Å². The topological polar surface area (TPSA) is 58.5 Å². The highest BCUT2D eigenvalue weighted by molar-refractivity contribution is 6.07. The Kier molecular flexibility index (Phi) is 3.86. The molecule has 0 atom stereocenters. The predicted octanol–water partition coefficient (Wildman–Crippen LogP) is 3.21. The molecule has 2 aromatic carbocycles. The molecule has 0 aliphatic rings. The van der Waals surface area contributed by atoms with E-state index in [2.05, 4.69) is 10.3 Å². The zero-order valence-electron chi connectivity index (χ0n) is 10.4. The van der Waals surface area contributed by atoms with Crippen molar-refractivity contribution in [2.75, 3.05) is 5.32 Å². The van der Waals surface area contributed by atoms with Gasteiger partial charge in [0, 0.05) is 5.69 Å². The molecule has 4 nitrogen and oxygen atoms in total. The summed E-state index contributed by atoms with van der Waals surface area (Å²) >= 11 is 0. The number of rotatable bonds is 3. The lowest BCUT2D eigenvalue weighted by Crippen LogP contribution is -2.11. The maximum atomic E-state index is 12.1. The molecule has 2 aromatic rings. The molecule has 0 saturated carbocycles. The molecule has 1 N–H and O–H groups in total. The molecule has 19 heavy (non-hydrogen) atoms. The number of nitrogens with zero attached hydrogens (tertiary/aromatic N) is 1. The van der Waals surface area contributed by atoms with Gasteiger partial charge in [0.25, 0.3) is 5.91 Å². The minimum atomic E-state index is -0.307. The average molecular weight is 252 g/mol. The van der Waals surface area contributed by atoms with Gasteiger partial charge in [0.1, 0.15) is 0 Å². The van der Waals surface area contributed by atoms with Gasteiger partial charge in [-0.2, -0.15) is 4.99 Å². The second-order valence-electron chi connectivity index (χ2n) is 4.04. The summed E-state index contributed by atoms with van der Waals surface area (Å²) in [6, 6.07) is 14.1. The number of carbonyl (C=O) groups excluding carboxylic acids is 2. The highest BCUT2D eigenvalue weighted by atomic mass is 16.1. The van der Waals surface area contributed by atoms with E-state index in [1.807, 2.05) is 31.2 Å². The molecule has 0 aliphatic carbocycles. The lowest BCUT2D eigenvalue weighted by Gasteiger charge is -2.07. The molecule has 0 saturated heterocycles. The first-order valence-electron chi connectivity index (χ1n) is 5.75. The second kappa shape index (κ2) is 5.76. The van der Waals surface area contributed by atoms with Gasteiger partial charge in [-0.25, -0.2) is 4.79 Å². The van der Waals surface area contributed by atoms with Gasteiger partial charge < -0.3 is 5.32 Å². The number of carbonyl (C=O) groups is 1. The van der Waals surface area contributed by atoms with Gasteiger partial charge >= 0.3 is 0 Å². The van der Waals surface area contributed by atoms with Gasteiger partial charge in [0.2, 0.25) is 6.08 Å². The van der Waals surface area contributed by atoms with Crippen LogP contribution in [-0.2, 0) is 4.79 Å². The third kappa shape index (κ3) is 3.15. The van der Waals surface area contributed by atoms with Crippen LogP contribution in [-0.4, -0.2) is 12.0 Å². The van der Waals surface area contributed by atoms with Crippen LogP contribution < -0.4 is 5.32 Å². The molecule has 94 valence electrons. The van der Waals surface area contributed by atoms with Gasteiger partial charge in [-0.05, 0) is 31.2 Å². The Morgan fingerprint density at radius 2 is 1.79 bits per heavy atom. The molecule has 0 unspecified atom stereocenters. The summed E-state index contributed by atoms with van der Waals surface area (Å²) in [5.74, 6) is -0.307. The van der Waals surface area contributed by atoms with Gasteiger partial charge in [0.05, 0.1) is 11.3 Å². The van der Waals surface area contributed by atoms with Crippen molar-refractivity contribution in [1.29, 1.82) is 0 Å². The summed E-state index contributed by atoms with van der Waals surface area (Å²) in [4.78, 5) is 25.9. The molecular weight excluding hydrogens is 240 g/mol. The van der Waals surface area contributed by atoms with Crippen LogP contribution in [0.25, 0.3) is 0 Å². The highest BCUT2D eigenvalue weighted by Gasteiger charge is 2.10. The van der Waals surface area contributed by atoms with Crippen molar-refractivity contribution >= 4 is 23.4 Å². The van der Waals surface area contributed by atoms with Crippen molar-refractivity contribution in [3.63, 3.8) is 0 Å². The van der Waals surface area contributed by atoms with Crippen molar-refractivity contribution in [3.8, 4) is 0 Å². The quantitative estimate of drug-likeness (QED) is 0.673. The Balaban J connectivity index is 2.25. The first-order chi connectivity index (χ1) is 9.20. The number of anilines is 1. The Morgan fingerprint density at radius 1 is 1.11 bits per heavy atom. The summed E-state index contributed by atoms with van der Waals surface area (Å²) in [6.45, 7) is 1.97. The van der Waals surface area contributed by atoms with Gasteiger partial charge in [-0.3, -0.25) is 4.79 Å². The predicted molar refractivity (Wildman–Crippen MR) is 73.4 cm³/mol. The first-order valence-corrected chi connectivity index (χ1v) is 5.75. The highest BCUT2D eigenvalue weighted by Crippen LogP contribution is 2.19. The van der Waals surface area contributed by atoms with E-state index >= 15 is 0 Å². The fourth-order valence-electron chi connectivity index (χ4n) is 1.65. The molecule has 1 amide bonds. The Labute approximate surface area is 110 Å². The summed E-state index contributed by atoms with van der Waals surface area (Å²) in [7, 11) is 0. The molecule has 4 heteroatoms. The van der Waals surface area contributed by atoms with Crippen LogP contribution in [0.2, 0.25) is 0 Å². The molecule has 0 aromatic heterocycles. The van der Waals surface area contributed by atoms with Crippen LogP contribution in [0.1, 0.15) is 15.9 Å². The summed E-state index contributed by atoms with van der Waals surface area (Å²) in [5, 5.41) is 2.76. The molecule has 2 rings (SSSR count). The molecular formula is C15H12N2O2. The van der Waals surface area contributed by atoms with E-state index in [1.165, 1.54) is 6.08 Å². The molecule has 0 spiro atoms. The van der Waals surface area contributed by atoms with Crippen molar-refractivity contribution in [2.24, 2.45) is 4.99 Å². The van der Waals surface area contributed by atoms with E-state index in [0.29, 0.717) is 16.9 Å². The van der Waals surface area contributed by atoms with Crippen LogP contribution >= 0.6 is 0 Å². The maximum absolute atomic E-state index is 12.1. The minimum absolute atomic E-state index is 0.307. The number of benzene rings is 2. The SMILES string of the molecule is Cc1ccc(NC(=O)c2ccccc2N=C=O)cc1. The Morgan fingerprint density at radius 3 is 2.47 bits per heavy atom. The second-order valence-corrected chi connectivity index (χ2v) is 4.04. The van der Waals surface area contributed by atoms with Crippen molar-refractivity contribution < 1.29 is 9.59 Å². The van der Waals surface area contributed by atoms with Crippen molar-refractivity contribution in [1.82, 2.24) is 0 Å². The minimum Gasteiger partial charge on any atom is -0.322 e. The zero-order chi connectivity index (χ0) is 13.7. The van der Waals surface area contributed by atoms with E-state index in [-0.39, 0.29) is 5.91 Å². The maximum Gasteiger partial charge on any atom is 0.257 e. The number of aryl methyl sites for hydroxylation is 1. The van der Waals surface area contributed by atoms with Crippen LogP contribution in [0, 0.1) is 6.92 Å². The van der Waals surface area contributed by atoms with Gasteiger partial charge in [-0.15, -0.1) is 0 Å². The summed E-state index contributed by atoms with van der Waals surface area (Å²) < 4.78 is 0. The Hall–Kier alpha value is -2.71. The van der Waals surface area contributed by atoms with Crippen LogP contribution in [0.5, 0.6) is 0 Å². The van der Waals surface area contributed by atoms with E-state index in [4.69, 9.17) is 0 Å². The van der Waals surface area contributed by atoms with Crippen LogP contribution in [0.15, 0.2) is 53.5 Å². The van der Waals surface area contributed by atoms with Crippen LogP contribution in [0.4, 0.5) is 11.4 Å². The Bertz CT molecular complexity index is 641. The van der Waals surface area contributed by atoms with Gasteiger partial charge in [0.15, 0.2) is 0 Å². The number of hydrogen-bond donors (Lipinski definition) is 1. The van der Waals surface area contributed by atoms with Gasteiger partial charge in [-0.1, -0.05) is 29.8 Å². The summed E-state index contributed by atoms with van der Waals surface area (Å²) in [5.41, 5.74) is 2.46. The fourth-order valence-corrected chi connectivity index (χ4v) is 1.65. The van der Waals surface area contributed by atoms with E-state index < -0.39 is 0 Å². The van der Waals surface area contributed by atoms with E-state index in [1.54, 1.807) is 24.3 Å². The molecule has 0 bridgehead atoms. The largest absolute Gasteiger partial charge is 0.322 e. The number of amides is 1. The number of para-hydroxylation sites is 1. The normalized spacial score (nSPS) is 9.53. The fraction of sp³-hybridized carbons (Fsp3) is 0.0667. The monoisotopic (exact) mass is 252 g/mol. The average Bonchev–Trinajstić information content (AvgIpc) is 2.42. The van der Waals surface area contributed by atoms with Crippen molar-refractivity contribution in [3.05, 3.63) is 59.7 Å². The first kappa shape index (κ1) is 12.7. The third-order valence-corrected chi connectivity index (χ3v) is 2.62. The standard InChI is InChI=1S/C15H12N2O2/c1-11-6-8-12(9-7-11)17-15(19)13-4-2-3-5-14(13)16-10-18/h2-9H,1H3,(H,17,19). The molecule has 0 fully saturated rings. The zero-order valence-corrected chi connectivity index (χ0v) is 10.4. The van der Waals surface area contributed by atoms with Crippen LogP contribution in [0.3, 0.4) is 0 Å². The lowest BCUT2D eigenvalue weighted by atomic mass is 10.1. The summed E-state index contributed by atoms with van der Waals surface area (Å²) in [6.07, 6.45) is 1.45. The number of isocyanates is 1. The molecule has 0 aliphatic heterocycles. The molecule has 0 radical (unpaired) electrons. The number of aliphatic imine (C=N–C) groups is 1. The van der Waals surface area contributed by atoms with Crippen molar-refractivity contribution in [2.45, 2.75) is 6.92 Å². The smallest absolute Gasteiger partial charge is 0.257 e. The molecule has 0 heterocycles. The number of nitrogens with one attached hydrogen (secondary N) is 1. The lowest BCUT2D eigenvalue weighted by molar-refractivity contribution is 0.102.